The van der Waals surface area contributed by atoms with Crippen LogP contribution >= 0.6 is 0 Å². The van der Waals surface area contributed by atoms with Crippen LogP contribution < -0.4 is 11.0 Å². The van der Waals surface area contributed by atoms with Gasteiger partial charge in [0.1, 0.15) is 12.0 Å². The summed E-state index contributed by atoms with van der Waals surface area (Å²) in [4.78, 5) is 29.4. The molecule has 0 aromatic carbocycles. The van der Waals surface area contributed by atoms with Crippen molar-refractivity contribution in [2.75, 3.05) is 11.9 Å². The number of rotatable bonds is 5. The summed E-state index contributed by atoms with van der Waals surface area (Å²) >= 11 is 0. The van der Waals surface area contributed by atoms with E-state index in [0.29, 0.717) is 12.4 Å². The third kappa shape index (κ3) is 2.97. The predicted molar refractivity (Wildman–Crippen MR) is 72.7 cm³/mol. The summed E-state index contributed by atoms with van der Waals surface area (Å²) in [6.45, 7) is 2.79. The van der Waals surface area contributed by atoms with Crippen LogP contribution in [0.15, 0.2) is 35.5 Å². The fourth-order valence-corrected chi connectivity index (χ4v) is 1.73. The number of nitrogens with one attached hydrogen (secondary N) is 1. The van der Waals surface area contributed by atoms with Gasteiger partial charge in [-0.2, -0.15) is 4.98 Å². The number of nitro groups is 1. The molecule has 2 aromatic rings. The summed E-state index contributed by atoms with van der Waals surface area (Å²) < 4.78 is 1.19. The molecular formula is C12H13N5O3. The van der Waals surface area contributed by atoms with Crippen molar-refractivity contribution in [3.8, 4) is 0 Å². The van der Waals surface area contributed by atoms with E-state index in [1.54, 1.807) is 18.3 Å². The Bertz CT molecular complexity index is 683. The van der Waals surface area contributed by atoms with Crippen molar-refractivity contribution in [1.82, 2.24) is 14.5 Å². The van der Waals surface area contributed by atoms with Gasteiger partial charge in [-0.25, -0.2) is 9.78 Å². The zero-order valence-electron chi connectivity index (χ0n) is 10.8. The topological polar surface area (TPSA) is 103 Å². The molecule has 2 aromatic heterocycles. The number of hydrogen-bond donors (Lipinski definition) is 1. The van der Waals surface area contributed by atoms with E-state index in [4.69, 9.17) is 0 Å². The predicted octanol–water partition coefficient (Wildman–Crippen LogP) is 1.03. The second kappa shape index (κ2) is 5.91. The van der Waals surface area contributed by atoms with Crippen molar-refractivity contribution >= 4 is 11.5 Å². The molecular weight excluding hydrogens is 262 g/mol. The molecule has 104 valence electrons. The van der Waals surface area contributed by atoms with Gasteiger partial charge in [0.2, 0.25) is 0 Å². The van der Waals surface area contributed by atoms with Crippen molar-refractivity contribution in [1.29, 1.82) is 0 Å². The normalized spacial score (nSPS) is 10.2. The summed E-state index contributed by atoms with van der Waals surface area (Å²) in [5.74, 6) is 0.647. The lowest BCUT2D eigenvalue weighted by atomic mass is 10.2. The van der Waals surface area contributed by atoms with E-state index in [1.807, 2.05) is 6.92 Å². The number of hydrogen-bond acceptors (Lipinski definition) is 6. The monoisotopic (exact) mass is 275 g/mol. The fourth-order valence-electron chi connectivity index (χ4n) is 1.73. The van der Waals surface area contributed by atoms with Gasteiger partial charge in [-0.3, -0.25) is 14.7 Å². The highest BCUT2D eigenvalue weighted by atomic mass is 16.6. The molecule has 0 bridgehead atoms. The highest BCUT2D eigenvalue weighted by Crippen LogP contribution is 2.13. The molecule has 2 rings (SSSR count). The summed E-state index contributed by atoms with van der Waals surface area (Å²) in [7, 11) is 0. The third-order valence-corrected chi connectivity index (χ3v) is 2.63. The Balaban J connectivity index is 2.37. The van der Waals surface area contributed by atoms with Crippen LogP contribution in [0.4, 0.5) is 11.5 Å². The SMILES string of the molecule is CCNc1ncccc1Cn1cc([N+](=O)[O-])cnc1=O. The van der Waals surface area contributed by atoms with Gasteiger partial charge in [0, 0.05) is 18.3 Å². The first-order valence-electron chi connectivity index (χ1n) is 6.00. The van der Waals surface area contributed by atoms with E-state index < -0.39 is 10.6 Å². The van der Waals surface area contributed by atoms with Crippen LogP contribution in [-0.2, 0) is 6.54 Å². The van der Waals surface area contributed by atoms with Gasteiger partial charge < -0.3 is 5.32 Å². The molecule has 0 fully saturated rings. The Morgan fingerprint density at radius 3 is 2.95 bits per heavy atom. The lowest BCUT2D eigenvalue weighted by molar-refractivity contribution is -0.385. The van der Waals surface area contributed by atoms with Crippen LogP contribution in [0.2, 0.25) is 0 Å². The van der Waals surface area contributed by atoms with Crippen molar-refractivity contribution in [3.63, 3.8) is 0 Å². The second-order valence-corrected chi connectivity index (χ2v) is 4.02. The Morgan fingerprint density at radius 1 is 1.45 bits per heavy atom. The maximum absolute atomic E-state index is 11.7. The van der Waals surface area contributed by atoms with Crippen molar-refractivity contribution in [3.05, 3.63) is 56.9 Å². The summed E-state index contributed by atoms with van der Waals surface area (Å²) in [5.41, 5.74) is -0.000796. The minimum absolute atomic E-state index is 0.170. The van der Waals surface area contributed by atoms with E-state index >= 15 is 0 Å². The highest BCUT2D eigenvalue weighted by molar-refractivity contribution is 5.43. The van der Waals surface area contributed by atoms with Crippen LogP contribution in [0, 0.1) is 10.1 Å². The van der Waals surface area contributed by atoms with Gasteiger partial charge >= 0.3 is 11.4 Å². The van der Waals surface area contributed by atoms with E-state index in [9.17, 15) is 14.9 Å². The van der Waals surface area contributed by atoms with Crippen LogP contribution in [-0.4, -0.2) is 26.0 Å². The number of aromatic nitrogens is 3. The first-order valence-corrected chi connectivity index (χ1v) is 6.00. The molecule has 1 N–H and O–H groups in total. The maximum atomic E-state index is 11.7. The molecule has 0 amide bonds. The summed E-state index contributed by atoms with van der Waals surface area (Å²) in [5, 5.41) is 13.8. The van der Waals surface area contributed by atoms with Gasteiger partial charge in [0.15, 0.2) is 0 Å². The van der Waals surface area contributed by atoms with Crippen LogP contribution in [0.25, 0.3) is 0 Å². The number of anilines is 1. The van der Waals surface area contributed by atoms with Crippen molar-refractivity contribution < 1.29 is 4.92 Å². The molecule has 0 atom stereocenters. The van der Waals surface area contributed by atoms with E-state index in [2.05, 4.69) is 15.3 Å². The number of nitrogens with zero attached hydrogens (tertiary/aromatic N) is 4. The molecule has 0 aliphatic rings. The third-order valence-electron chi connectivity index (χ3n) is 2.63. The van der Waals surface area contributed by atoms with Gasteiger partial charge in [-0.1, -0.05) is 6.07 Å². The van der Waals surface area contributed by atoms with Crippen molar-refractivity contribution in [2.45, 2.75) is 13.5 Å². The van der Waals surface area contributed by atoms with Gasteiger partial charge in [0.05, 0.1) is 17.7 Å². The van der Waals surface area contributed by atoms with Crippen molar-refractivity contribution in [2.24, 2.45) is 0 Å². The average Bonchev–Trinajstić information content (AvgIpc) is 2.43. The van der Waals surface area contributed by atoms with Gasteiger partial charge in [-0.05, 0) is 13.0 Å². The second-order valence-electron chi connectivity index (χ2n) is 4.02. The molecule has 0 saturated carbocycles. The standard InChI is InChI=1S/C12H13N5O3/c1-2-13-11-9(4-3-5-14-11)7-16-8-10(17(19)20)6-15-12(16)18/h3-6,8H,2,7H2,1H3,(H,13,14). The molecule has 0 aliphatic carbocycles. The van der Waals surface area contributed by atoms with Gasteiger partial charge in [0.25, 0.3) is 0 Å². The quantitative estimate of drug-likeness (QED) is 0.645. The van der Waals surface area contributed by atoms with Gasteiger partial charge in [-0.15, -0.1) is 0 Å². The Kier molecular flexibility index (Phi) is 4.04. The lowest BCUT2D eigenvalue weighted by Crippen LogP contribution is -2.23. The zero-order chi connectivity index (χ0) is 14.5. The first-order chi connectivity index (χ1) is 9.61. The lowest BCUT2D eigenvalue weighted by Gasteiger charge is -2.10. The largest absolute Gasteiger partial charge is 0.370 e. The summed E-state index contributed by atoms with van der Waals surface area (Å²) in [6, 6.07) is 3.54. The molecule has 20 heavy (non-hydrogen) atoms. The van der Waals surface area contributed by atoms with E-state index in [0.717, 1.165) is 11.8 Å². The first kappa shape index (κ1) is 13.7. The molecule has 0 spiro atoms. The molecule has 0 saturated heterocycles. The zero-order valence-corrected chi connectivity index (χ0v) is 10.8. The Hall–Kier alpha value is -2.77. The minimum Gasteiger partial charge on any atom is -0.370 e. The van der Waals surface area contributed by atoms with E-state index in [1.165, 1.54) is 10.8 Å². The van der Waals surface area contributed by atoms with Crippen LogP contribution in [0.5, 0.6) is 0 Å². The smallest absolute Gasteiger partial charge is 0.348 e. The maximum Gasteiger partial charge on any atom is 0.348 e. The van der Waals surface area contributed by atoms with E-state index in [-0.39, 0.29) is 12.2 Å². The highest BCUT2D eigenvalue weighted by Gasteiger charge is 2.11. The number of pyridine rings is 1. The fraction of sp³-hybridized carbons (Fsp3) is 0.250. The molecule has 8 heteroatoms. The molecule has 0 unspecified atom stereocenters. The molecule has 8 nitrogen and oxygen atoms in total. The minimum atomic E-state index is -0.586. The van der Waals surface area contributed by atoms with Crippen LogP contribution in [0.3, 0.4) is 0 Å². The molecule has 2 heterocycles. The molecule has 0 aliphatic heterocycles. The summed E-state index contributed by atoms with van der Waals surface area (Å²) in [6.07, 6.45) is 3.77. The molecule has 0 radical (unpaired) electrons. The average molecular weight is 275 g/mol. The van der Waals surface area contributed by atoms with Crippen LogP contribution in [0.1, 0.15) is 12.5 Å². The Morgan fingerprint density at radius 2 is 2.25 bits per heavy atom. The Labute approximate surface area is 114 Å².